The zero-order chi connectivity index (χ0) is 40.3. The minimum absolute atomic E-state index is 0.149. The van der Waals surface area contributed by atoms with Crippen molar-refractivity contribution < 1.29 is 57.4 Å². The van der Waals surface area contributed by atoms with Crippen molar-refractivity contribution in [1.29, 1.82) is 0 Å². The number of carboxylic acid groups (broad SMARTS) is 1. The van der Waals surface area contributed by atoms with Gasteiger partial charge in [0.25, 0.3) is 0 Å². The largest absolute Gasteiger partial charge is 0.481 e. The van der Waals surface area contributed by atoms with E-state index in [9.17, 15) is 19.2 Å². The van der Waals surface area contributed by atoms with Crippen LogP contribution in [0.2, 0.25) is 0 Å². The van der Waals surface area contributed by atoms with Gasteiger partial charge in [0.2, 0.25) is 0 Å². The van der Waals surface area contributed by atoms with E-state index in [-0.39, 0.29) is 86.0 Å². The second-order valence-electron chi connectivity index (χ2n) is 14.8. The lowest BCUT2D eigenvalue weighted by atomic mass is 9.79. The van der Waals surface area contributed by atoms with Crippen LogP contribution in [0.1, 0.15) is 101 Å². The zero-order valence-electron chi connectivity index (χ0n) is 33.6. The van der Waals surface area contributed by atoms with Crippen LogP contribution in [0.15, 0.2) is 60.7 Å². The summed E-state index contributed by atoms with van der Waals surface area (Å²) in [4.78, 5) is 46.1. The molecule has 0 saturated carbocycles. The van der Waals surface area contributed by atoms with Crippen molar-refractivity contribution >= 4 is 23.9 Å². The van der Waals surface area contributed by atoms with Crippen LogP contribution in [0.4, 0.5) is 0 Å². The van der Waals surface area contributed by atoms with Gasteiger partial charge in [0.1, 0.15) is 13.2 Å². The number of rotatable bonds is 18. The molecule has 2 aliphatic heterocycles. The SMILES string of the molecule is CC1C(COC(=O)c2ccccc2)OC(OCCCCC(=O)O)C(C)C1C.COC(=O)CCCCOC1OC(COC(=O)c2ccccc2)C(C)C(C)C1C. The Balaban J connectivity index is 0.000000296. The molecule has 12 heteroatoms. The van der Waals surface area contributed by atoms with Crippen LogP contribution in [0.25, 0.3) is 0 Å². The molecule has 2 aromatic carbocycles. The van der Waals surface area contributed by atoms with Crippen LogP contribution >= 0.6 is 0 Å². The summed E-state index contributed by atoms with van der Waals surface area (Å²) in [5.74, 6) is -0.0559. The van der Waals surface area contributed by atoms with E-state index in [0.717, 1.165) is 12.8 Å². The Hall–Kier alpha value is -3.84. The van der Waals surface area contributed by atoms with E-state index >= 15 is 0 Å². The first-order valence-electron chi connectivity index (χ1n) is 19.6. The molecule has 2 heterocycles. The van der Waals surface area contributed by atoms with Crippen LogP contribution < -0.4 is 0 Å². The minimum atomic E-state index is -0.792. The van der Waals surface area contributed by atoms with Crippen LogP contribution in [0.3, 0.4) is 0 Å². The van der Waals surface area contributed by atoms with Gasteiger partial charge >= 0.3 is 23.9 Å². The summed E-state index contributed by atoms with van der Waals surface area (Å²) >= 11 is 0. The van der Waals surface area contributed by atoms with Crippen molar-refractivity contribution in [3.05, 3.63) is 71.8 Å². The second kappa shape index (κ2) is 23.9. The van der Waals surface area contributed by atoms with Gasteiger partial charge in [0, 0.05) is 37.9 Å². The van der Waals surface area contributed by atoms with Gasteiger partial charge in [0.05, 0.1) is 30.4 Å². The van der Waals surface area contributed by atoms with Crippen LogP contribution in [-0.4, -0.2) is 87.3 Å². The number of carboxylic acids is 1. The number of carbonyl (C=O) groups excluding carboxylic acids is 3. The summed E-state index contributed by atoms with van der Waals surface area (Å²) in [5, 5.41) is 8.68. The number of unbranched alkanes of at least 4 members (excludes halogenated alkanes) is 2. The van der Waals surface area contributed by atoms with E-state index in [2.05, 4.69) is 46.3 Å². The molecule has 2 saturated heterocycles. The highest BCUT2D eigenvalue weighted by Gasteiger charge is 2.41. The Bertz CT molecular complexity index is 1440. The fraction of sp³-hybridized carbons (Fsp3) is 0.628. The molecular formula is C43H62O12. The molecule has 0 spiro atoms. The van der Waals surface area contributed by atoms with Crippen molar-refractivity contribution in [2.24, 2.45) is 35.5 Å². The highest BCUT2D eigenvalue weighted by Crippen LogP contribution is 2.37. The lowest BCUT2D eigenvalue weighted by Gasteiger charge is -2.43. The molecule has 2 aliphatic rings. The van der Waals surface area contributed by atoms with Crippen molar-refractivity contribution in [1.82, 2.24) is 0 Å². The third-order valence-corrected chi connectivity index (χ3v) is 11.1. The van der Waals surface area contributed by atoms with E-state index in [1.807, 2.05) is 24.3 Å². The maximum atomic E-state index is 12.2. The van der Waals surface area contributed by atoms with E-state index in [1.54, 1.807) is 36.4 Å². The molecule has 4 rings (SSSR count). The van der Waals surface area contributed by atoms with Gasteiger partial charge < -0.3 is 38.3 Å². The summed E-state index contributed by atoms with van der Waals surface area (Å²) in [5.41, 5.74) is 1.05. The molecule has 2 fully saturated rings. The Labute approximate surface area is 326 Å². The maximum Gasteiger partial charge on any atom is 0.338 e. The molecule has 2 aromatic rings. The third kappa shape index (κ3) is 15.0. The first kappa shape index (κ1) is 45.5. The van der Waals surface area contributed by atoms with Crippen LogP contribution in [0, 0.1) is 35.5 Å². The first-order valence-corrected chi connectivity index (χ1v) is 19.6. The number of aliphatic carboxylic acids is 1. The summed E-state index contributed by atoms with van der Waals surface area (Å²) in [6, 6.07) is 17.8. The number of methoxy groups -OCH3 is 1. The van der Waals surface area contributed by atoms with Gasteiger partial charge in [-0.25, -0.2) is 9.59 Å². The number of ether oxygens (including phenoxy) is 7. The van der Waals surface area contributed by atoms with Crippen molar-refractivity contribution in [3.8, 4) is 0 Å². The monoisotopic (exact) mass is 770 g/mol. The molecular weight excluding hydrogens is 708 g/mol. The smallest absolute Gasteiger partial charge is 0.338 e. The van der Waals surface area contributed by atoms with Crippen molar-refractivity contribution in [3.63, 3.8) is 0 Å². The molecule has 1 N–H and O–H groups in total. The second-order valence-corrected chi connectivity index (χ2v) is 14.8. The average Bonchev–Trinajstić information content (AvgIpc) is 3.19. The lowest BCUT2D eigenvalue weighted by Crippen LogP contribution is -2.48. The molecule has 12 nitrogen and oxygen atoms in total. The molecule has 10 unspecified atom stereocenters. The normalized spacial score (nSPS) is 27.5. The number of esters is 3. The number of hydrogen-bond donors (Lipinski definition) is 1. The van der Waals surface area contributed by atoms with E-state index in [0.29, 0.717) is 55.4 Å². The van der Waals surface area contributed by atoms with Gasteiger partial charge in [-0.05, 0) is 73.6 Å². The Kier molecular flexibility index (Phi) is 19.8. The highest BCUT2D eigenvalue weighted by molar-refractivity contribution is 5.89. The van der Waals surface area contributed by atoms with E-state index < -0.39 is 5.97 Å². The van der Waals surface area contributed by atoms with Gasteiger partial charge in [-0.2, -0.15) is 0 Å². The highest BCUT2D eigenvalue weighted by atomic mass is 16.7. The topological polar surface area (TPSA) is 153 Å². The van der Waals surface area contributed by atoms with Gasteiger partial charge in [-0.3, -0.25) is 9.59 Å². The molecule has 0 amide bonds. The van der Waals surface area contributed by atoms with Gasteiger partial charge in [-0.1, -0.05) is 77.9 Å². The van der Waals surface area contributed by atoms with Crippen molar-refractivity contribution in [2.45, 2.75) is 105 Å². The fourth-order valence-electron chi connectivity index (χ4n) is 6.62. The van der Waals surface area contributed by atoms with E-state index in [4.69, 9.17) is 33.5 Å². The van der Waals surface area contributed by atoms with Gasteiger partial charge in [-0.15, -0.1) is 0 Å². The first-order chi connectivity index (χ1) is 26.3. The maximum absolute atomic E-state index is 12.2. The molecule has 0 bridgehead atoms. The Morgan fingerprint density at radius 2 is 0.964 bits per heavy atom. The predicted molar refractivity (Wildman–Crippen MR) is 205 cm³/mol. The quantitative estimate of drug-likeness (QED) is 0.0903. The molecule has 55 heavy (non-hydrogen) atoms. The van der Waals surface area contributed by atoms with Crippen LogP contribution in [0.5, 0.6) is 0 Å². The molecule has 0 aliphatic carbocycles. The third-order valence-electron chi connectivity index (χ3n) is 11.1. The van der Waals surface area contributed by atoms with E-state index in [1.165, 1.54) is 7.11 Å². The van der Waals surface area contributed by atoms with Crippen LogP contribution in [-0.2, 0) is 42.7 Å². The summed E-state index contributed by atoms with van der Waals surface area (Å²) in [6.45, 7) is 14.1. The summed E-state index contributed by atoms with van der Waals surface area (Å²) in [6.07, 6.45) is 2.13. The zero-order valence-corrected chi connectivity index (χ0v) is 33.6. The standard InChI is InChI=1S/C22H32O6.C21H30O6/c1-15-16(2)19(14-27-21(24)18-10-6-5-7-11-18)28-22(17(15)3)26-13-9-8-12-20(23)25-4;1-14-15(2)18(13-26-20(24)17-9-5-4-6-10-17)27-21(16(14)3)25-12-8-7-11-19(22)23/h5-7,10-11,15-17,19,22H,8-9,12-14H2,1-4H3;4-6,9-10,14-16,18,21H,7-8,11-13H2,1-3H3,(H,22,23). The number of hydrogen-bond acceptors (Lipinski definition) is 11. The molecule has 0 aromatic heterocycles. The minimum Gasteiger partial charge on any atom is -0.481 e. The van der Waals surface area contributed by atoms with Crippen molar-refractivity contribution in [2.75, 3.05) is 33.5 Å². The number of carbonyl (C=O) groups is 4. The predicted octanol–water partition coefficient (Wildman–Crippen LogP) is 7.58. The Morgan fingerprint density at radius 1 is 0.564 bits per heavy atom. The Morgan fingerprint density at radius 3 is 1.35 bits per heavy atom. The summed E-state index contributed by atoms with van der Waals surface area (Å²) in [7, 11) is 1.39. The average molecular weight is 771 g/mol. The lowest BCUT2D eigenvalue weighted by molar-refractivity contribution is -0.254. The summed E-state index contributed by atoms with van der Waals surface area (Å²) < 4.78 is 39.6. The number of benzene rings is 2. The van der Waals surface area contributed by atoms with Gasteiger partial charge in [0.15, 0.2) is 12.6 Å². The molecule has 306 valence electrons. The fourth-order valence-corrected chi connectivity index (χ4v) is 6.62. The molecule has 10 atom stereocenters. The molecule has 0 radical (unpaired) electrons.